The molecule has 0 atom stereocenters. The normalized spacial score (nSPS) is 14.6. The summed E-state index contributed by atoms with van der Waals surface area (Å²) in [5.41, 5.74) is 4.12. The van der Waals surface area contributed by atoms with E-state index in [0.29, 0.717) is 5.56 Å². The van der Waals surface area contributed by atoms with Crippen LogP contribution in [0.3, 0.4) is 0 Å². The Labute approximate surface area is 99.7 Å². The lowest BCUT2D eigenvalue weighted by molar-refractivity contribution is 0.346. The Morgan fingerprint density at radius 3 is 3.06 bits per heavy atom. The summed E-state index contributed by atoms with van der Waals surface area (Å²) < 4.78 is 1.93. The van der Waals surface area contributed by atoms with Gasteiger partial charge in [0.15, 0.2) is 0 Å². The topological polar surface area (TPSA) is 44.9 Å². The predicted octanol–water partition coefficient (Wildman–Crippen LogP) is 1.69. The molecular formula is C13H12N4. The zero-order valence-corrected chi connectivity index (χ0v) is 9.59. The molecule has 1 aliphatic heterocycles. The summed E-state index contributed by atoms with van der Waals surface area (Å²) in [6.45, 7) is 1.86. The number of fused-ring (bicyclic) bond motifs is 1. The molecule has 0 radical (unpaired) electrons. The smallest absolute Gasteiger partial charge is 0.0992 e. The molecule has 1 aliphatic rings. The summed E-state index contributed by atoms with van der Waals surface area (Å²) >= 11 is 0. The average Bonchev–Trinajstić information content (AvgIpc) is 2.87. The molecule has 17 heavy (non-hydrogen) atoms. The first-order chi connectivity index (χ1) is 8.28. The van der Waals surface area contributed by atoms with E-state index in [2.05, 4.69) is 23.1 Å². The molecule has 3 rings (SSSR count). The summed E-state index contributed by atoms with van der Waals surface area (Å²) in [4.78, 5) is 2.25. The molecule has 0 spiro atoms. The van der Waals surface area contributed by atoms with Crippen molar-refractivity contribution < 1.29 is 0 Å². The molecular weight excluding hydrogens is 212 g/mol. The minimum absolute atomic E-state index is 0.665. The van der Waals surface area contributed by atoms with Crippen molar-refractivity contribution in [2.45, 2.75) is 13.1 Å². The predicted molar refractivity (Wildman–Crippen MR) is 63.5 cm³/mol. The van der Waals surface area contributed by atoms with E-state index in [9.17, 15) is 0 Å². The summed E-state index contributed by atoms with van der Waals surface area (Å²) in [5.74, 6) is 0. The van der Waals surface area contributed by atoms with Gasteiger partial charge < -0.3 is 0 Å². The second kappa shape index (κ2) is 3.72. The van der Waals surface area contributed by atoms with Gasteiger partial charge in [0.1, 0.15) is 0 Å². The van der Waals surface area contributed by atoms with Gasteiger partial charge in [-0.05, 0) is 25.2 Å². The quantitative estimate of drug-likeness (QED) is 0.740. The van der Waals surface area contributed by atoms with E-state index in [4.69, 9.17) is 5.26 Å². The summed E-state index contributed by atoms with van der Waals surface area (Å²) in [6.07, 6.45) is 1.91. The number of hydrogen-bond donors (Lipinski definition) is 0. The lowest BCUT2D eigenvalue weighted by Gasteiger charge is -2.08. The van der Waals surface area contributed by atoms with Gasteiger partial charge in [0, 0.05) is 18.7 Å². The first-order valence-electron chi connectivity index (χ1n) is 5.53. The molecule has 0 amide bonds. The van der Waals surface area contributed by atoms with Crippen LogP contribution in [0.5, 0.6) is 0 Å². The molecule has 1 aromatic carbocycles. The van der Waals surface area contributed by atoms with Gasteiger partial charge in [-0.2, -0.15) is 10.4 Å². The van der Waals surface area contributed by atoms with Crippen LogP contribution in [0.2, 0.25) is 0 Å². The second-order valence-electron chi connectivity index (χ2n) is 4.36. The van der Waals surface area contributed by atoms with E-state index in [1.807, 2.05) is 29.1 Å². The van der Waals surface area contributed by atoms with Gasteiger partial charge in [0.2, 0.25) is 0 Å². The van der Waals surface area contributed by atoms with Crippen LogP contribution in [0.4, 0.5) is 0 Å². The van der Waals surface area contributed by atoms with Crippen LogP contribution in [-0.2, 0) is 13.1 Å². The SMILES string of the molecule is CN1Cc2cnn(-c3cccc(C#N)c3)c2C1. The summed E-state index contributed by atoms with van der Waals surface area (Å²) in [7, 11) is 2.09. The molecule has 0 N–H and O–H groups in total. The maximum Gasteiger partial charge on any atom is 0.0992 e. The van der Waals surface area contributed by atoms with E-state index in [1.54, 1.807) is 6.07 Å². The maximum atomic E-state index is 8.91. The highest BCUT2D eigenvalue weighted by molar-refractivity contribution is 5.43. The fourth-order valence-electron chi connectivity index (χ4n) is 2.24. The van der Waals surface area contributed by atoms with Gasteiger partial charge >= 0.3 is 0 Å². The molecule has 0 unspecified atom stereocenters. The fourth-order valence-corrected chi connectivity index (χ4v) is 2.24. The Morgan fingerprint density at radius 1 is 1.35 bits per heavy atom. The van der Waals surface area contributed by atoms with Crippen molar-refractivity contribution in [1.82, 2.24) is 14.7 Å². The highest BCUT2D eigenvalue weighted by Gasteiger charge is 2.21. The average molecular weight is 224 g/mol. The van der Waals surface area contributed by atoms with E-state index in [1.165, 1.54) is 11.3 Å². The van der Waals surface area contributed by atoms with Crippen LogP contribution in [-0.4, -0.2) is 21.7 Å². The van der Waals surface area contributed by atoms with Crippen molar-refractivity contribution in [3.8, 4) is 11.8 Å². The Kier molecular flexibility index (Phi) is 2.20. The van der Waals surface area contributed by atoms with Crippen LogP contribution in [0.15, 0.2) is 30.5 Å². The Balaban J connectivity index is 2.08. The standard InChI is InChI=1S/C13H12N4/c1-16-8-11-7-15-17(13(11)9-16)12-4-2-3-10(5-12)6-14/h2-5,7H,8-9H2,1H3. The summed E-state index contributed by atoms with van der Waals surface area (Å²) in [5, 5.41) is 13.3. The zero-order chi connectivity index (χ0) is 11.8. The zero-order valence-electron chi connectivity index (χ0n) is 9.59. The molecule has 4 nitrogen and oxygen atoms in total. The minimum Gasteiger partial charge on any atom is -0.296 e. The van der Waals surface area contributed by atoms with Gasteiger partial charge in [-0.15, -0.1) is 0 Å². The number of aromatic nitrogens is 2. The van der Waals surface area contributed by atoms with Crippen LogP contribution < -0.4 is 0 Å². The fraction of sp³-hybridized carbons (Fsp3) is 0.231. The second-order valence-corrected chi connectivity index (χ2v) is 4.36. The lowest BCUT2D eigenvalue weighted by atomic mass is 10.2. The molecule has 0 saturated heterocycles. The number of benzene rings is 1. The Morgan fingerprint density at radius 2 is 2.24 bits per heavy atom. The highest BCUT2D eigenvalue weighted by atomic mass is 15.3. The van der Waals surface area contributed by atoms with Crippen molar-refractivity contribution >= 4 is 0 Å². The van der Waals surface area contributed by atoms with Crippen molar-refractivity contribution in [2.24, 2.45) is 0 Å². The summed E-state index contributed by atoms with van der Waals surface area (Å²) in [6, 6.07) is 9.69. The first-order valence-corrected chi connectivity index (χ1v) is 5.53. The molecule has 84 valence electrons. The largest absolute Gasteiger partial charge is 0.296 e. The Hall–Kier alpha value is -2.12. The van der Waals surface area contributed by atoms with E-state index < -0.39 is 0 Å². The van der Waals surface area contributed by atoms with E-state index >= 15 is 0 Å². The first kappa shape index (κ1) is 10.1. The third-order valence-corrected chi connectivity index (χ3v) is 3.04. The van der Waals surface area contributed by atoms with Gasteiger partial charge in [0.25, 0.3) is 0 Å². The van der Waals surface area contributed by atoms with Crippen LogP contribution in [0.1, 0.15) is 16.8 Å². The number of rotatable bonds is 1. The van der Waals surface area contributed by atoms with E-state index in [0.717, 1.165) is 18.8 Å². The highest BCUT2D eigenvalue weighted by Crippen LogP contribution is 2.23. The van der Waals surface area contributed by atoms with Crippen molar-refractivity contribution in [3.05, 3.63) is 47.3 Å². The van der Waals surface area contributed by atoms with Crippen LogP contribution in [0, 0.1) is 11.3 Å². The number of hydrogen-bond acceptors (Lipinski definition) is 3. The van der Waals surface area contributed by atoms with Gasteiger partial charge in [0.05, 0.1) is 29.2 Å². The molecule has 0 saturated carbocycles. The minimum atomic E-state index is 0.665. The monoisotopic (exact) mass is 224 g/mol. The van der Waals surface area contributed by atoms with E-state index in [-0.39, 0.29) is 0 Å². The molecule has 2 heterocycles. The number of nitriles is 1. The van der Waals surface area contributed by atoms with Crippen molar-refractivity contribution in [3.63, 3.8) is 0 Å². The molecule has 0 bridgehead atoms. The molecule has 0 fully saturated rings. The van der Waals surface area contributed by atoms with Gasteiger partial charge in [-0.3, -0.25) is 4.90 Å². The third kappa shape index (κ3) is 1.61. The molecule has 2 aromatic rings. The lowest BCUT2D eigenvalue weighted by Crippen LogP contribution is -2.11. The molecule has 4 heteroatoms. The molecule has 1 aromatic heterocycles. The van der Waals surface area contributed by atoms with Crippen LogP contribution in [0.25, 0.3) is 5.69 Å². The molecule has 0 aliphatic carbocycles. The Bertz CT molecular complexity index is 606. The number of nitrogens with zero attached hydrogens (tertiary/aromatic N) is 4. The van der Waals surface area contributed by atoms with Crippen LogP contribution >= 0.6 is 0 Å². The third-order valence-electron chi connectivity index (χ3n) is 3.04. The van der Waals surface area contributed by atoms with Gasteiger partial charge in [-0.25, -0.2) is 4.68 Å². The maximum absolute atomic E-state index is 8.91. The van der Waals surface area contributed by atoms with Gasteiger partial charge in [-0.1, -0.05) is 6.07 Å². The van der Waals surface area contributed by atoms with Crippen molar-refractivity contribution in [2.75, 3.05) is 7.05 Å². The van der Waals surface area contributed by atoms with Crippen molar-refractivity contribution in [1.29, 1.82) is 5.26 Å².